The van der Waals surface area contributed by atoms with Crippen LogP contribution in [0.2, 0.25) is 5.02 Å². The van der Waals surface area contributed by atoms with Crippen LogP contribution in [0.3, 0.4) is 0 Å². The number of aromatic nitrogens is 5. The second kappa shape index (κ2) is 7.73. The summed E-state index contributed by atoms with van der Waals surface area (Å²) in [7, 11) is 0. The summed E-state index contributed by atoms with van der Waals surface area (Å²) in [6, 6.07) is 14.9. The van der Waals surface area contributed by atoms with Crippen molar-refractivity contribution in [2.75, 3.05) is 5.73 Å². The SMILES string of the molecule is Nc1ncnc2c1ncn2Cc1cc(Cl)cc2cc(CNC(=O)c3ccccc3)[nH]c12. The lowest BCUT2D eigenvalue weighted by atomic mass is 10.1. The van der Waals surface area contributed by atoms with Gasteiger partial charge in [-0.15, -0.1) is 0 Å². The molecule has 3 aromatic heterocycles. The quantitative estimate of drug-likeness (QED) is 0.394. The van der Waals surface area contributed by atoms with E-state index in [0.29, 0.717) is 40.7 Å². The van der Waals surface area contributed by atoms with E-state index in [1.807, 2.05) is 41.0 Å². The van der Waals surface area contributed by atoms with E-state index in [9.17, 15) is 4.79 Å². The van der Waals surface area contributed by atoms with E-state index in [1.54, 1.807) is 18.5 Å². The molecule has 0 fully saturated rings. The van der Waals surface area contributed by atoms with Gasteiger partial charge in [-0.25, -0.2) is 15.0 Å². The molecular formula is C22H18ClN7O. The number of fused-ring (bicyclic) bond motifs is 2. The average molecular weight is 432 g/mol. The predicted molar refractivity (Wildman–Crippen MR) is 120 cm³/mol. The minimum atomic E-state index is -0.125. The summed E-state index contributed by atoms with van der Waals surface area (Å²) in [5.74, 6) is 0.218. The van der Waals surface area contributed by atoms with Gasteiger partial charge in [0.05, 0.1) is 24.9 Å². The molecule has 5 aromatic rings. The van der Waals surface area contributed by atoms with Crippen LogP contribution >= 0.6 is 11.6 Å². The molecule has 0 saturated heterocycles. The molecule has 0 aliphatic rings. The fraction of sp³-hybridized carbons (Fsp3) is 0.0909. The fourth-order valence-electron chi connectivity index (χ4n) is 3.62. The first-order valence-corrected chi connectivity index (χ1v) is 10.0. The number of anilines is 1. The normalized spacial score (nSPS) is 11.3. The topological polar surface area (TPSA) is 115 Å². The van der Waals surface area contributed by atoms with Gasteiger partial charge in [0, 0.05) is 21.7 Å². The van der Waals surface area contributed by atoms with E-state index >= 15 is 0 Å². The van der Waals surface area contributed by atoms with E-state index in [0.717, 1.165) is 22.2 Å². The number of hydrogen-bond acceptors (Lipinski definition) is 5. The van der Waals surface area contributed by atoms with Crippen LogP contribution < -0.4 is 11.1 Å². The van der Waals surface area contributed by atoms with Crippen molar-refractivity contribution in [1.29, 1.82) is 0 Å². The molecule has 9 heteroatoms. The maximum atomic E-state index is 12.3. The first-order chi connectivity index (χ1) is 15.1. The van der Waals surface area contributed by atoms with E-state index in [1.165, 1.54) is 6.33 Å². The van der Waals surface area contributed by atoms with Crippen LogP contribution in [0, 0.1) is 0 Å². The Balaban J connectivity index is 1.43. The number of halogens is 1. The summed E-state index contributed by atoms with van der Waals surface area (Å²) >= 11 is 6.37. The zero-order valence-electron chi connectivity index (χ0n) is 16.3. The number of nitrogens with two attached hydrogens (primary N) is 1. The maximum absolute atomic E-state index is 12.3. The van der Waals surface area contributed by atoms with Crippen molar-refractivity contribution in [1.82, 2.24) is 29.8 Å². The third-order valence-electron chi connectivity index (χ3n) is 5.08. The van der Waals surface area contributed by atoms with Crippen LogP contribution in [-0.2, 0) is 13.1 Å². The van der Waals surface area contributed by atoms with Crippen LogP contribution in [0.1, 0.15) is 21.6 Å². The molecule has 0 aliphatic carbocycles. The second-order valence-corrected chi connectivity index (χ2v) is 7.61. The Bertz CT molecular complexity index is 1410. The summed E-state index contributed by atoms with van der Waals surface area (Å²) in [5, 5.41) is 4.52. The first-order valence-electron chi connectivity index (χ1n) is 9.63. The number of amides is 1. The van der Waals surface area contributed by atoms with Gasteiger partial charge in [0.2, 0.25) is 0 Å². The van der Waals surface area contributed by atoms with Crippen molar-refractivity contribution in [2.24, 2.45) is 0 Å². The first kappa shape index (κ1) is 19.1. The lowest BCUT2D eigenvalue weighted by Gasteiger charge is -2.07. The number of aromatic amines is 1. The predicted octanol–water partition coefficient (Wildman–Crippen LogP) is 3.52. The minimum Gasteiger partial charge on any atom is -0.382 e. The molecule has 5 rings (SSSR count). The smallest absolute Gasteiger partial charge is 0.251 e. The zero-order valence-corrected chi connectivity index (χ0v) is 17.1. The number of carbonyl (C=O) groups is 1. The van der Waals surface area contributed by atoms with Gasteiger partial charge in [-0.1, -0.05) is 29.8 Å². The van der Waals surface area contributed by atoms with Gasteiger partial charge in [-0.2, -0.15) is 0 Å². The highest BCUT2D eigenvalue weighted by atomic mass is 35.5. The Hall–Kier alpha value is -3.91. The van der Waals surface area contributed by atoms with Crippen LogP contribution in [0.5, 0.6) is 0 Å². The molecule has 0 saturated carbocycles. The Kier molecular flexibility index (Phi) is 4.76. The number of benzene rings is 2. The van der Waals surface area contributed by atoms with E-state index in [2.05, 4.69) is 25.3 Å². The minimum absolute atomic E-state index is 0.125. The van der Waals surface area contributed by atoms with Crippen LogP contribution in [0.25, 0.3) is 22.1 Å². The van der Waals surface area contributed by atoms with Gasteiger partial charge in [0.15, 0.2) is 11.5 Å². The molecule has 0 bridgehead atoms. The Morgan fingerprint density at radius 2 is 1.97 bits per heavy atom. The molecule has 0 unspecified atom stereocenters. The molecule has 3 heterocycles. The van der Waals surface area contributed by atoms with Crippen molar-refractivity contribution in [3.63, 3.8) is 0 Å². The third-order valence-corrected chi connectivity index (χ3v) is 5.29. The second-order valence-electron chi connectivity index (χ2n) is 7.18. The van der Waals surface area contributed by atoms with Gasteiger partial charge in [-0.05, 0) is 35.9 Å². The highest BCUT2D eigenvalue weighted by Gasteiger charge is 2.13. The van der Waals surface area contributed by atoms with Gasteiger partial charge in [0.25, 0.3) is 5.91 Å². The molecule has 0 radical (unpaired) electrons. The maximum Gasteiger partial charge on any atom is 0.251 e. The molecule has 0 spiro atoms. The summed E-state index contributed by atoms with van der Waals surface area (Å²) < 4.78 is 1.90. The molecule has 0 aliphatic heterocycles. The van der Waals surface area contributed by atoms with Crippen molar-refractivity contribution in [3.8, 4) is 0 Å². The molecule has 4 N–H and O–H groups in total. The molecule has 2 aromatic carbocycles. The number of carbonyl (C=O) groups excluding carboxylic acids is 1. The van der Waals surface area contributed by atoms with Crippen LogP contribution in [0.15, 0.2) is 61.2 Å². The number of rotatable bonds is 5. The van der Waals surface area contributed by atoms with Gasteiger partial charge < -0.3 is 20.6 Å². The molecule has 1 amide bonds. The van der Waals surface area contributed by atoms with Crippen molar-refractivity contribution in [2.45, 2.75) is 13.1 Å². The number of nitrogens with zero attached hydrogens (tertiary/aromatic N) is 4. The van der Waals surface area contributed by atoms with Crippen LogP contribution in [0.4, 0.5) is 5.82 Å². The lowest BCUT2D eigenvalue weighted by molar-refractivity contribution is 0.0950. The fourth-order valence-corrected chi connectivity index (χ4v) is 3.87. The van der Waals surface area contributed by atoms with Gasteiger partial charge >= 0.3 is 0 Å². The van der Waals surface area contributed by atoms with Crippen molar-refractivity contribution >= 4 is 45.4 Å². The number of hydrogen-bond donors (Lipinski definition) is 3. The summed E-state index contributed by atoms with van der Waals surface area (Å²) in [5.41, 5.74) is 10.5. The van der Waals surface area contributed by atoms with E-state index in [4.69, 9.17) is 17.3 Å². The number of imidazole rings is 1. The molecule has 8 nitrogen and oxygen atoms in total. The number of nitrogen functional groups attached to an aromatic ring is 1. The standard InChI is InChI=1S/C22H18ClN7O/c23-16-6-14-8-17(9-25-22(31)13-4-2-1-3-5-13)29-18(14)15(7-16)10-30-12-28-19-20(24)26-11-27-21(19)30/h1-8,11-12,29H,9-10H2,(H,25,31)(H2,24,26,27). The molecule has 31 heavy (non-hydrogen) atoms. The van der Waals surface area contributed by atoms with E-state index in [-0.39, 0.29) is 5.91 Å². The highest BCUT2D eigenvalue weighted by molar-refractivity contribution is 6.31. The molecule has 154 valence electrons. The summed E-state index contributed by atoms with van der Waals surface area (Å²) in [4.78, 5) is 28.3. The number of H-pyrrole nitrogens is 1. The average Bonchev–Trinajstić information content (AvgIpc) is 3.37. The summed E-state index contributed by atoms with van der Waals surface area (Å²) in [6.07, 6.45) is 3.11. The van der Waals surface area contributed by atoms with Crippen molar-refractivity contribution < 1.29 is 4.79 Å². The summed E-state index contributed by atoms with van der Waals surface area (Å²) in [6.45, 7) is 0.873. The zero-order chi connectivity index (χ0) is 21.4. The van der Waals surface area contributed by atoms with E-state index < -0.39 is 0 Å². The largest absolute Gasteiger partial charge is 0.382 e. The molecule has 0 atom stereocenters. The van der Waals surface area contributed by atoms with Crippen LogP contribution in [-0.4, -0.2) is 30.4 Å². The molecular weight excluding hydrogens is 414 g/mol. The lowest BCUT2D eigenvalue weighted by Crippen LogP contribution is -2.22. The van der Waals surface area contributed by atoms with Gasteiger partial charge in [0.1, 0.15) is 11.8 Å². The highest BCUT2D eigenvalue weighted by Crippen LogP contribution is 2.26. The Morgan fingerprint density at radius 1 is 1.13 bits per heavy atom. The Labute approximate surface area is 182 Å². The third kappa shape index (κ3) is 3.69. The number of nitrogens with one attached hydrogen (secondary N) is 2. The monoisotopic (exact) mass is 431 g/mol. The van der Waals surface area contributed by atoms with Gasteiger partial charge in [-0.3, -0.25) is 4.79 Å². The Morgan fingerprint density at radius 3 is 2.81 bits per heavy atom. The van der Waals surface area contributed by atoms with Crippen molar-refractivity contribution in [3.05, 3.63) is 83.0 Å².